The van der Waals surface area contributed by atoms with Gasteiger partial charge in [-0.25, -0.2) is 0 Å². The van der Waals surface area contributed by atoms with Crippen LogP contribution in [0.3, 0.4) is 0 Å². The number of benzene rings is 1. The Bertz CT molecular complexity index is 367. The van der Waals surface area contributed by atoms with E-state index in [0.717, 1.165) is 12.8 Å². The molecule has 0 spiro atoms. The monoisotopic (exact) mass is 216 g/mol. The van der Waals surface area contributed by atoms with Crippen LogP contribution >= 0.6 is 0 Å². The molecule has 1 aromatic rings. The van der Waals surface area contributed by atoms with Crippen molar-refractivity contribution in [3.05, 3.63) is 35.9 Å². The van der Waals surface area contributed by atoms with Gasteiger partial charge in [0.05, 0.1) is 6.07 Å². The van der Waals surface area contributed by atoms with Crippen molar-refractivity contribution in [2.75, 3.05) is 6.54 Å². The largest absolute Gasteiger partial charge is 0.355 e. The summed E-state index contributed by atoms with van der Waals surface area (Å²) >= 11 is 0. The zero-order chi connectivity index (χ0) is 11.8. The molecular formula is C13H16N2O. The van der Waals surface area contributed by atoms with Crippen molar-refractivity contribution < 1.29 is 4.79 Å². The van der Waals surface area contributed by atoms with E-state index < -0.39 is 5.92 Å². The Morgan fingerprint density at radius 3 is 2.75 bits per heavy atom. The Balaban J connectivity index is 2.18. The molecule has 16 heavy (non-hydrogen) atoms. The zero-order valence-electron chi connectivity index (χ0n) is 9.44. The van der Waals surface area contributed by atoms with Gasteiger partial charge in [-0.15, -0.1) is 0 Å². The van der Waals surface area contributed by atoms with Gasteiger partial charge in [0, 0.05) is 6.54 Å². The molecule has 1 N–H and O–H groups in total. The Hall–Kier alpha value is -1.82. The molecule has 0 bridgehead atoms. The predicted molar refractivity (Wildman–Crippen MR) is 62.5 cm³/mol. The molecule has 0 aromatic heterocycles. The molecule has 84 valence electrons. The van der Waals surface area contributed by atoms with Crippen LogP contribution in [0.1, 0.15) is 18.9 Å². The first kappa shape index (κ1) is 12.3. The highest BCUT2D eigenvalue weighted by molar-refractivity contribution is 5.80. The quantitative estimate of drug-likeness (QED) is 0.764. The van der Waals surface area contributed by atoms with Gasteiger partial charge in [0.1, 0.15) is 5.92 Å². The summed E-state index contributed by atoms with van der Waals surface area (Å²) in [6.07, 6.45) is 1.84. The maximum absolute atomic E-state index is 11.3. The molecule has 0 saturated carbocycles. The number of rotatable bonds is 5. The minimum Gasteiger partial charge on any atom is -0.355 e. The van der Waals surface area contributed by atoms with Crippen molar-refractivity contribution >= 4 is 5.91 Å². The lowest BCUT2D eigenvalue weighted by atomic mass is 10.1. The maximum atomic E-state index is 11.3. The van der Waals surface area contributed by atoms with Crippen molar-refractivity contribution in [1.82, 2.24) is 5.32 Å². The molecule has 0 aliphatic rings. The Labute approximate surface area is 96.1 Å². The smallest absolute Gasteiger partial charge is 0.237 e. The molecule has 0 saturated heterocycles. The van der Waals surface area contributed by atoms with E-state index in [1.165, 1.54) is 5.56 Å². The van der Waals surface area contributed by atoms with Gasteiger partial charge in [-0.1, -0.05) is 30.3 Å². The number of nitrogens with zero attached hydrogens (tertiary/aromatic N) is 1. The first-order valence-corrected chi connectivity index (χ1v) is 5.45. The summed E-state index contributed by atoms with van der Waals surface area (Å²) in [5.41, 5.74) is 1.27. The molecule has 3 nitrogen and oxygen atoms in total. The lowest BCUT2D eigenvalue weighted by molar-refractivity contribution is -0.122. The Morgan fingerprint density at radius 1 is 1.44 bits per heavy atom. The van der Waals surface area contributed by atoms with Crippen LogP contribution in [0.25, 0.3) is 0 Å². The van der Waals surface area contributed by atoms with Gasteiger partial charge in [-0.2, -0.15) is 5.26 Å². The summed E-state index contributed by atoms with van der Waals surface area (Å²) in [5, 5.41) is 11.3. The predicted octanol–water partition coefficient (Wildman–Crippen LogP) is 1.90. The second-order valence-electron chi connectivity index (χ2n) is 3.73. The number of carbonyl (C=O) groups is 1. The fourth-order valence-electron chi connectivity index (χ4n) is 1.36. The summed E-state index contributed by atoms with van der Waals surface area (Å²) < 4.78 is 0. The van der Waals surface area contributed by atoms with Crippen LogP contribution in [0.2, 0.25) is 0 Å². The summed E-state index contributed by atoms with van der Waals surface area (Å²) in [5.74, 6) is -0.743. The third-order valence-corrected chi connectivity index (χ3v) is 2.37. The number of amides is 1. The van der Waals surface area contributed by atoms with Crippen molar-refractivity contribution in [3.8, 4) is 6.07 Å². The van der Waals surface area contributed by atoms with Crippen molar-refractivity contribution in [3.63, 3.8) is 0 Å². The van der Waals surface area contributed by atoms with E-state index in [-0.39, 0.29) is 5.91 Å². The van der Waals surface area contributed by atoms with Gasteiger partial charge >= 0.3 is 0 Å². The van der Waals surface area contributed by atoms with Crippen LogP contribution in [0, 0.1) is 17.2 Å². The molecule has 0 radical (unpaired) electrons. The number of hydrogen-bond acceptors (Lipinski definition) is 2. The average molecular weight is 216 g/mol. The van der Waals surface area contributed by atoms with Crippen molar-refractivity contribution in [1.29, 1.82) is 5.26 Å². The van der Waals surface area contributed by atoms with E-state index in [0.29, 0.717) is 6.54 Å². The molecule has 3 heteroatoms. The normalized spacial score (nSPS) is 11.5. The zero-order valence-corrected chi connectivity index (χ0v) is 9.44. The number of nitrogens with one attached hydrogen (secondary N) is 1. The van der Waals surface area contributed by atoms with E-state index in [9.17, 15) is 4.79 Å². The maximum Gasteiger partial charge on any atom is 0.237 e. The third-order valence-electron chi connectivity index (χ3n) is 2.37. The number of nitriles is 1. The Kier molecular flexibility index (Phi) is 5.07. The second-order valence-corrected chi connectivity index (χ2v) is 3.73. The summed E-state index contributed by atoms with van der Waals surface area (Å²) in [7, 11) is 0. The highest BCUT2D eigenvalue weighted by Gasteiger charge is 2.09. The Morgan fingerprint density at radius 2 is 2.12 bits per heavy atom. The minimum atomic E-state index is -0.559. The van der Waals surface area contributed by atoms with Crippen LogP contribution in [-0.4, -0.2) is 12.5 Å². The third kappa shape index (κ3) is 4.14. The van der Waals surface area contributed by atoms with E-state index in [1.807, 2.05) is 24.3 Å². The van der Waals surface area contributed by atoms with Crippen molar-refractivity contribution in [2.24, 2.45) is 5.92 Å². The summed E-state index contributed by atoms with van der Waals surface area (Å²) in [6, 6.07) is 12.0. The first-order valence-electron chi connectivity index (χ1n) is 5.45. The van der Waals surface area contributed by atoms with Crippen molar-refractivity contribution in [2.45, 2.75) is 19.8 Å². The van der Waals surface area contributed by atoms with Crippen LogP contribution < -0.4 is 5.32 Å². The number of aryl methyl sites for hydroxylation is 1. The van der Waals surface area contributed by atoms with E-state index in [4.69, 9.17) is 5.26 Å². The molecular weight excluding hydrogens is 200 g/mol. The number of carbonyl (C=O) groups excluding carboxylic acids is 1. The van der Waals surface area contributed by atoms with Gasteiger partial charge < -0.3 is 5.32 Å². The van der Waals surface area contributed by atoms with E-state index in [2.05, 4.69) is 17.4 Å². The highest BCUT2D eigenvalue weighted by atomic mass is 16.1. The van der Waals surface area contributed by atoms with E-state index in [1.54, 1.807) is 6.92 Å². The molecule has 0 aliphatic heterocycles. The van der Waals surface area contributed by atoms with Crippen LogP contribution in [0.5, 0.6) is 0 Å². The van der Waals surface area contributed by atoms with Crippen LogP contribution in [0.15, 0.2) is 30.3 Å². The lowest BCUT2D eigenvalue weighted by Gasteiger charge is -2.05. The van der Waals surface area contributed by atoms with Crippen LogP contribution in [-0.2, 0) is 11.2 Å². The van der Waals surface area contributed by atoms with Gasteiger partial charge in [-0.05, 0) is 25.3 Å². The van der Waals surface area contributed by atoms with Gasteiger partial charge in [-0.3, -0.25) is 4.79 Å². The topological polar surface area (TPSA) is 52.9 Å². The SMILES string of the molecule is CC(C#N)C(=O)NCCCc1ccccc1. The molecule has 0 heterocycles. The van der Waals surface area contributed by atoms with Gasteiger partial charge in [0.2, 0.25) is 5.91 Å². The molecule has 1 unspecified atom stereocenters. The molecule has 1 amide bonds. The fourth-order valence-corrected chi connectivity index (χ4v) is 1.36. The second kappa shape index (κ2) is 6.62. The highest BCUT2D eigenvalue weighted by Crippen LogP contribution is 2.01. The average Bonchev–Trinajstić information content (AvgIpc) is 2.34. The molecule has 1 atom stereocenters. The minimum absolute atomic E-state index is 0.185. The summed E-state index contributed by atoms with van der Waals surface area (Å²) in [4.78, 5) is 11.3. The lowest BCUT2D eigenvalue weighted by Crippen LogP contribution is -2.29. The standard InChI is InChI=1S/C13H16N2O/c1-11(10-14)13(16)15-9-5-8-12-6-3-2-4-7-12/h2-4,6-7,11H,5,8-9H2,1H3,(H,15,16). The van der Waals surface area contributed by atoms with Crippen LogP contribution in [0.4, 0.5) is 0 Å². The molecule has 1 aromatic carbocycles. The fraction of sp³-hybridized carbons (Fsp3) is 0.385. The summed E-state index contributed by atoms with van der Waals surface area (Å²) in [6.45, 7) is 2.23. The van der Waals surface area contributed by atoms with Gasteiger partial charge in [0.25, 0.3) is 0 Å². The van der Waals surface area contributed by atoms with Gasteiger partial charge in [0.15, 0.2) is 0 Å². The first-order chi connectivity index (χ1) is 7.74. The molecule has 1 rings (SSSR count). The number of hydrogen-bond donors (Lipinski definition) is 1. The molecule has 0 fully saturated rings. The van der Waals surface area contributed by atoms with E-state index >= 15 is 0 Å². The molecule has 0 aliphatic carbocycles.